The molecule has 0 aromatic carbocycles. The van der Waals surface area contributed by atoms with E-state index < -0.39 is 11.7 Å². The maximum atomic E-state index is 11.6. The number of amides is 1. The Bertz CT molecular complexity index is 379. The summed E-state index contributed by atoms with van der Waals surface area (Å²) in [6.07, 6.45) is 1.67. The number of hydrogen-bond acceptors (Lipinski definition) is 5. The van der Waals surface area contributed by atoms with Crippen LogP contribution in [0.4, 0.5) is 4.79 Å². The fourth-order valence-electron chi connectivity index (χ4n) is 1.74. The number of nitrogens with two attached hydrogens (primary N) is 1. The van der Waals surface area contributed by atoms with Crippen LogP contribution in [-0.4, -0.2) is 35.7 Å². The molecule has 0 aliphatic carbocycles. The lowest BCUT2D eigenvalue weighted by Crippen LogP contribution is -2.40. The van der Waals surface area contributed by atoms with Crippen LogP contribution in [0.1, 0.15) is 27.2 Å². The Kier molecular flexibility index (Phi) is 4.43. The van der Waals surface area contributed by atoms with Gasteiger partial charge in [0.1, 0.15) is 11.4 Å². The van der Waals surface area contributed by atoms with Crippen molar-refractivity contribution in [3.8, 4) is 6.07 Å². The highest BCUT2D eigenvalue weighted by atomic mass is 16.6. The SMILES string of the molecule is CC(C)(C)OC(=O)N[C@H]1CCN(C(N)=CC#N)C1. The molecule has 6 heteroatoms. The summed E-state index contributed by atoms with van der Waals surface area (Å²) in [6, 6.07) is 1.90. The molecule has 1 aliphatic heterocycles. The highest BCUT2D eigenvalue weighted by Gasteiger charge is 2.26. The molecule has 1 saturated heterocycles. The van der Waals surface area contributed by atoms with Gasteiger partial charge in [0, 0.05) is 13.1 Å². The van der Waals surface area contributed by atoms with E-state index in [9.17, 15) is 4.79 Å². The Morgan fingerprint density at radius 3 is 2.83 bits per heavy atom. The average molecular weight is 252 g/mol. The van der Waals surface area contributed by atoms with Crippen LogP contribution in [0.2, 0.25) is 0 Å². The first kappa shape index (κ1) is 14.2. The molecule has 0 aromatic rings. The number of rotatable bonds is 2. The fraction of sp³-hybridized carbons (Fsp3) is 0.667. The summed E-state index contributed by atoms with van der Waals surface area (Å²) in [6.45, 7) is 6.79. The second kappa shape index (κ2) is 5.63. The van der Waals surface area contributed by atoms with Crippen LogP contribution in [0, 0.1) is 11.3 Å². The first-order chi connectivity index (χ1) is 8.31. The van der Waals surface area contributed by atoms with Gasteiger partial charge in [-0.1, -0.05) is 0 Å². The van der Waals surface area contributed by atoms with Gasteiger partial charge < -0.3 is 20.7 Å². The zero-order valence-electron chi connectivity index (χ0n) is 11.1. The molecule has 1 atom stereocenters. The third-order valence-corrected chi connectivity index (χ3v) is 2.49. The van der Waals surface area contributed by atoms with Gasteiger partial charge in [-0.05, 0) is 27.2 Å². The first-order valence-corrected chi connectivity index (χ1v) is 5.91. The highest BCUT2D eigenvalue weighted by molar-refractivity contribution is 5.68. The summed E-state index contributed by atoms with van der Waals surface area (Å²) < 4.78 is 5.18. The standard InChI is InChI=1S/C12H20N4O2/c1-12(2,3)18-11(17)15-9-5-7-16(8-9)10(14)4-6-13/h4,9H,5,7-8,14H2,1-3H3,(H,15,17)/t9-/m0/s1. The molecular formula is C12H20N4O2. The van der Waals surface area contributed by atoms with Crippen molar-refractivity contribution in [3.63, 3.8) is 0 Å². The van der Waals surface area contributed by atoms with Crippen molar-refractivity contribution < 1.29 is 9.53 Å². The maximum absolute atomic E-state index is 11.6. The fourth-order valence-corrected chi connectivity index (χ4v) is 1.74. The largest absolute Gasteiger partial charge is 0.444 e. The van der Waals surface area contributed by atoms with Crippen LogP contribution in [0.25, 0.3) is 0 Å². The summed E-state index contributed by atoms with van der Waals surface area (Å²) in [5.41, 5.74) is 5.21. The van der Waals surface area contributed by atoms with E-state index in [1.54, 1.807) is 0 Å². The summed E-state index contributed by atoms with van der Waals surface area (Å²) in [4.78, 5) is 13.4. The maximum Gasteiger partial charge on any atom is 0.407 e. The molecular weight excluding hydrogens is 232 g/mol. The smallest absolute Gasteiger partial charge is 0.407 e. The van der Waals surface area contributed by atoms with Crippen LogP contribution in [-0.2, 0) is 4.74 Å². The van der Waals surface area contributed by atoms with Crippen LogP contribution < -0.4 is 11.1 Å². The number of ether oxygens (including phenoxy) is 1. The quantitative estimate of drug-likeness (QED) is 0.713. The molecule has 0 radical (unpaired) electrons. The third-order valence-electron chi connectivity index (χ3n) is 2.49. The van der Waals surface area contributed by atoms with Gasteiger partial charge in [0.05, 0.1) is 18.2 Å². The van der Waals surface area contributed by atoms with E-state index in [0.717, 1.165) is 13.0 Å². The van der Waals surface area contributed by atoms with Gasteiger partial charge in [0.2, 0.25) is 0 Å². The van der Waals surface area contributed by atoms with Crippen LogP contribution in [0.5, 0.6) is 0 Å². The lowest BCUT2D eigenvalue weighted by Gasteiger charge is -2.22. The lowest BCUT2D eigenvalue weighted by atomic mass is 10.2. The number of nitrogens with one attached hydrogen (secondary N) is 1. The van der Waals surface area contributed by atoms with Gasteiger partial charge in [-0.25, -0.2) is 4.79 Å². The average Bonchev–Trinajstić information content (AvgIpc) is 2.63. The molecule has 0 unspecified atom stereocenters. The number of likely N-dealkylation sites (tertiary alicyclic amines) is 1. The molecule has 1 aliphatic rings. The normalized spacial score (nSPS) is 20.4. The minimum atomic E-state index is -0.498. The predicted molar refractivity (Wildman–Crippen MR) is 67.2 cm³/mol. The molecule has 3 N–H and O–H groups in total. The van der Waals surface area contributed by atoms with Crippen LogP contribution in [0.3, 0.4) is 0 Å². The van der Waals surface area contributed by atoms with Gasteiger partial charge in [0.15, 0.2) is 0 Å². The van der Waals surface area contributed by atoms with Crippen molar-refractivity contribution >= 4 is 6.09 Å². The van der Waals surface area contributed by atoms with Gasteiger partial charge in [-0.2, -0.15) is 5.26 Å². The Morgan fingerprint density at radius 1 is 1.61 bits per heavy atom. The summed E-state index contributed by atoms with van der Waals surface area (Å²) >= 11 is 0. The van der Waals surface area contributed by atoms with Crippen LogP contribution in [0.15, 0.2) is 11.9 Å². The third kappa shape index (κ3) is 4.53. The molecule has 18 heavy (non-hydrogen) atoms. The first-order valence-electron chi connectivity index (χ1n) is 5.91. The van der Waals surface area contributed by atoms with Gasteiger partial charge >= 0.3 is 6.09 Å². The molecule has 0 aromatic heterocycles. The molecule has 100 valence electrons. The lowest BCUT2D eigenvalue weighted by molar-refractivity contribution is 0.0506. The Hall–Kier alpha value is -1.90. The van der Waals surface area contributed by atoms with Gasteiger partial charge in [-0.3, -0.25) is 0 Å². The monoisotopic (exact) mass is 252 g/mol. The van der Waals surface area contributed by atoms with E-state index in [2.05, 4.69) is 5.32 Å². The number of hydrogen-bond donors (Lipinski definition) is 2. The number of carbonyl (C=O) groups excluding carboxylic acids is 1. The van der Waals surface area contributed by atoms with Gasteiger partial charge in [0.25, 0.3) is 0 Å². The summed E-state index contributed by atoms with van der Waals surface area (Å²) in [7, 11) is 0. The topological polar surface area (TPSA) is 91.4 Å². The van der Waals surface area contributed by atoms with Crippen molar-refractivity contribution in [2.45, 2.75) is 38.8 Å². The van der Waals surface area contributed by atoms with E-state index in [1.807, 2.05) is 31.7 Å². The number of carbonyl (C=O) groups is 1. The molecule has 1 rings (SSSR count). The Labute approximate surface area is 107 Å². The molecule has 1 heterocycles. The van der Waals surface area contributed by atoms with Crippen molar-refractivity contribution in [3.05, 3.63) is 11.9 Å². The van der Waals surface area contributed by atoms with Crippen molar-refractivity contribution in [1.82, 2.24) is 10.2 Å². The number of nitrogens with zero attached hydrogens (tertiary/aromatic N) is 2. The zero-order chi connectivity index (χ0) is 13.8. The van der Waals surface area contributed by atoms with E-state index in [-0.39, 0.29) is 6.04 Å². The molecule has 1 amide bonds. The second-order valence-electron chi connectivity index (χ2n) is 5.28. The van der Waals surface area contributed by atoms with Crippen molar-refractivity contribution in [2.24, 2.45) is 5.73 Å². The molecule has 0 bridgehead atoms. The molecule has 0 saturated carbocycles. The van der Waals surface area contributed by atoms with E-state index in [1.165, 1.54) is 6.08 Å². The van der Waals surface area contributed by atoms with Crippen molar-refractivity contribution in [1.29, 1.82) is 5.26 Å². The second-order valence-corrected chi connectivity index (χ2v) is 5.28. The van der Waals surface area contributed by atoms with E-state index in [0.29, 0.717) is 12.4 Å². The van der Waals surface area contributed by atoms with E-state index >= 15 is 0 Å². The Morgan fingerprint density at radius 2 is 2.28 bits per heavy atom. The molecule has 0 spiro atoms. The molecule has 6 nitrogen and oxygen atoms in total. The predicted octanol–water partition coefficient (Wildman–Crippen LogP) is 0.909. The van der Waals surface area contributed by atoms with E-state index in [4.69, 9.17) is 15.7 Å². The number of alkyl carbamates (subject to hydrolysis) is 1. The minimum Gasteiger partial charge on any atom is -0.444 e. The Balaban J connectivity index is 2.42. The summed E-state index contributed by atoms with van der Waals surface area (Å²) in [5.74, 6) is 0.436. The minimum absolute atomic E-state index is 0.00509. The van der Waals surface area contributed by atoms with Crippen LogP contribution >= 0.6 is 0 Å². The number of nitriles is 1. The highest BCUT2D eigenvalue weighted by Crippen LogP contribution is 2.13. The van der Waals surface area contributed by atoms with Crippen molar-refractivity contribution in [2.75, 3.05) is 13.1 Å². The molecule has 1 fully saturated rings. The number of allylic oxidation sites excluding steroid dienone is 1. The van der Waals surface area contributed by atoms with Gasteiger partial charge in [-0.15, -0.1) is 0 Å². The summed E-state index contributed by atoms with van der Waals surface area (Å²) in [5, 5.41) is 11.3. The zero-order valence-corrected chi connectivity index (χ0v) is 11.1.